The summed E-state index contributed by atoms with van der Waals surface area (Å²) in [6.07, 6.45) is 0. The van der Waals surface area contributed by atoms with Gasteiger partial charge in [-0.2, -0.15) is 0 Å². The Morgan fingerprint density at radius 2 is 2.05 bits per heavy atom. The fourth-order valence-electron chi connectivity index (χ4n) is 1.46. The highest BCUT2D eigenvalue weighted by Gasteiger charge is 2.26. The quantitative estimate of drug-likeness (QED) is 0.448. The molecule has 0 saturated carbocycles. The van der Waals surface area contributed by atoms with Gasteiger partial charge in [-0.1, -0.05) is 11.6 Å². The summed E-state index contributed by atoms with van der Waals surface area (Å²) in [5.41, 5.74) is -0.798. The minimum absolute atomic E-state index is 0.0365. The van der Waals surface area contributed by atoms with Crippen LogP contribution >= 0.6 is 11.6 Å². The molecule has 8 nitrogen and oxygen atoms in total. The van der Waals surface area contributed by atoms with Crippen LogP contribution in [0.25, 0.3) is 0 Å². The Hall–Kier alpha value is -2.35. The standard InChI is InChI=1S/C12H12ClNO7/c1-3-20-10(15)6-21-11-8(12(16)19-2)4-7(13)5-9(11)14(17)18/h4-5H,3,6H2,1-2H3. The van der Waals surface area contributed by atoms with Crippen molar-refractivity contribution in [1.29, 1.82) is 0 Å². The molecule has 1 rings (SSSR count). The van der Waals surface area contributed by atoms with Gasteiger partial charge in [-0.15, -0.1) is 0 Å². The van der Waals surface area contributed by atoms with Crippen LogP contribution in [0.5, 0.6) is 5.75 Å². The van der Waals surface area contributed by atoms with E-state index in [1.807, 2.05) is 0 Å². The Bertz CT molecular complexity index is 573. The van der Waals surface area contributed by atoms with Gasteiger partial charge >= 0.3 is 17.6 Å². The van der Waals surface area contributed by atoms with Crippen molar-refractivity contribution in [1.82, 2.24) is 0 Å². The molecule has 0 aliphatic carbocycles. The van der Waals surface area contributed by atoms with Crippen LogP contribution in [0.4, 0.5) is 5.69 Å². The molecule has 0 radical (unpaired) electrons. The van der Waals surface area contributed by atoms with Gasteiger partial charge in [0.2, 0.25) is 5.75 Å². The van der Waals surface area contributed by atoms with Gasteiger partial charge in [0.1, 0.15) is 5.56 Å². The Labute approximate surface area is 124 Å². The number of esters is 2. The predicted octanol–water partition coefficient (Wildman–Crippen LogP) is 1.98. The lowest BCUT2D eigenvalue weighted by atomic mass is 10.1. The minimum atomic E-state index is -0.876. The van der Waals surface area contributed by atoms with Gasteiger partial charge in [0.15, 0.2) is 6.61 Å². The number of benzene rings is 1. The number of methoxy groups -OCH3 is 1. The van der Waals surface area contributed by atoms with Crippen molar-refractivity contribution < 1.29 is 28.7 Å². The molecule has 0 fully saturated rings. The average molecular weight is 318 g/mol. The number of carbonyl (C=O) groups is 2. The smallest absolute Gasteiger partial charge is 0.344 e. The molecular weight excluding hydrogens is 306 g/mol. The number of nitro benzene ring substituents is 1. The third-order valence-corrected chi connectivity index (χ3v) is 2.49. The van der Waals surface area contributed by atoms with Crippen molar-refractivity contribution in [3.8, 4) is 5.75 Å². The number of nitrogens with zero attached hydrogens (tertiary/aromatic N) is 1. The van der Waals surface area contributed by atoms with Crippen LogP contribution < -0.4 is 4.74 Å². The molecule has 1 aromatic carbocycles. The average Bonchev–Trinajstić information content (AvgIpc) is 2.44. The Morgan fingerprint density at radius 3 is 2.57 bits per heavy atom. The van der Waals surface area contributed by atoms with Crippen LogP contribution in [0.1, 0.15) is 17.3 Å². The Morgan fingerprint density at radius 1 is 1.38 bits per heavy atom. The van der Waals surface area contributed by atoms with Gasteiger partial charge in [-0.05, 0) is 13.0 Å². The number of halogens is 1. The molecule has 0 N–H and O–H groups in total. The van der Waals surface area contributed by atoms with E-state index in [-0.39, 0.29) is 17.2 Å². The molecule has 9 heteroatoms. The summed E-state index contributed by atoms with van der Waals surface area (Å²) >= 11 is 5.72. The topological polar surface area (TPSA) is 105 Å². The van der Waals surface area contributed by atoms with Crippen molar-refractivity contribution >= 4 is 29.2 Å². The zero-order chi connectivity index (χ0) is 16.0. The van der Waals surface area contributed by atoms with E-state index in [1.54, 1.807) is 6.92 Å². The van der Waals surface area contributed by atoms with Crippen LogP contribution in [0.2, 0.25) is 5.02 Å². The first-order valence-corrected chi connectivity index (χ1v) is 6.13. The lowest BCUT2D eigenvalue weighted by Gasteiger charge is -2.10. The Kier molecular flexibility index (Phi) is 5.92. The van der Waals surface area contributed by atoms with Gasteiger partial charge in [0, 0.05) is 11.1 Å². The molecule has 0 spiro atoms. The molecule has 114 valence electrons. The minimum Gasteiger partial charge on any atom is -0.474 e. The second-order valence-corrected chi connectivity index (χ2v) is 4.08. The normalized spacial score (nSPS) is 9.86. The molecular formula is C12H12ClNO7. The van der Waals surface area contributed by atoms with Crippen LogP contribution in [0, 0.1) is 10.1 Å². The number of carbonyl (C=O) groups excluding carboxylic acids is 2. The number of nitro groups is 1. The number of hydrogen-bond acceptors (Lipinski definition) is 7. The second kappa shape index (κ2) is 7.44. The highest BCUT2D eigenvalue weighted by atomic mass is 35.5. The molecule has 0 unspecified atom stereocenters. The van der Waals surface area contributed by atoms with E-state index >= 15 is 0 Å². The molecule has 0 heterocycles. The van der Waals surface area contributed by atoms with Crippen LogP contribution in [0.3, 0.4) is 0 Å². The zero-order valence-electron chi connectivity index (χ0n) is 11.3. The second-order valence-electron chi connectivity index (χ2n) is 3.64. The van der Waals surface area contributed by atoms with E-state index in [0.717, 1.165) is 19.2 Å². The van der Waals surface area contributed by atoms with E-state index in [1.165, 1.54) is 0 Å². The fourth-order valence-corrected chi connectivity index (χ4v) is 1.67. The van der Waals surface area contributed by atoms with Crippen molar-refractivity contribution in [2.24, 2.45) is 0 Å². The summed E-state index contributed by atoms with van der Waals surface area (Å²) in [5, 5.41) is 11.0. The number of rotatable bonds is 6. The summed E-state index contributed by atoms with van der Waals surface area (Å²) in [6.45, 7) is 1.15. The van der Waals surface area contributed by atoms with Gasteiger partial charge in [0.05, 0.1) is 18.6 Å². The maximum atomic E-state index is 11.6. The fraction of sp³-hybridized carbons (Fsp3) is 0.333. The van der Waals surface area contributed by atoms with Crippen LogP contribution in [-0.4, -0.2) is 37.2 Å². The van der Waals surface area contributed by atoms with E-state index < -0.39 is 34.9 Å². The van der Waals surface area contributed by atoms with Gasteiger partial charge in [0.25, 0.3) is 0 Å². The molecule has 0 amide bonds. The molecule has 0 aliphatic heterocycles. The van der Waals surface area contributed by atoms with Crippen molar-refractivity contribution in [3.63, 3.8) is 0 Å². The van der Waals surface area contributed by atoms with E-state index in [0.29, 0.717) is 0 Å². The maximum absolute atomic E-state index is 11.6. The van der Waals surface area contributed by atoms with E-state index in [9.17, 15) is 19.7 Å². The molecule has 21 heavy (non-hydrogen) atoms. The monoisotopic (exact) mass is 317 g/mol. The third kappa shape index (κ3) is 4.32. The molecule has 0 aromatic heterocycles. The first-order chi connectivity index (χ1) is 9.90. The molecule has 0 saturated heterocycles. The van der Waals surface area contributed by atoms with Crippen molar-refractivity contribution in [3.05, 3.63) is 32.8 Å². The highest BCUT2D eigenvalue weighted by molar-refractivity contribution is 6.31. The maximum Gasteiger partial charge on any atom is 0.344 e. The first kappa shape index (κ1) is 16.7. The molecule has 1 aromatic rings. The lowest BCUT2D eigenvalue weighted by Crippen LogP contribution is -2.17. The highest BCUT2D eigenvalue weighted by Crippen LogP contribution is 2.35. The summed E-state index contributed by atoms with van der Waals surface area (Å²) in [6, 6.07) is 2.16. The summed E-state index contributed by atoms with van der Waals surface area (Å²) < 4.78 is 14.2. The number of hydrogen-bond donors (Lipinski definition) is 0. The van der Waals surface area contributed by atoms with Crippen LogP contribution in [0.15, 0.2) is 12.1 Å². The number of ether oxygens (including phenoxy) is 3. The van der Waals surface area contributed by atoms with Crippen molar-refractivity contribution in [2.45, 2.75) is 6.92 Å². The molecule has 0 aliphatic rings. The lowest BCUT2D eigenvalue weighted by molar-refractivity contribution is -0.385. The van der Waals surface area contributed by atoms with E-state index in [2.05, 4.69) is 9.47 Å². The predicted molar refractivity (Wildman–Crippen MR) is 71.6 cm³/mol. The van der Waals surface area contributed by atoms with Gasteiger partial charge < -0.3 is 14.2 Å². The third-order valence-electron chi connectivity index (χ3n) is 2.28. The zero-order valence-corrected chi connectivity index (χ0v) is 12.0. The van der Waals surface area contributed by atoms with Crippen molar-refractivity contribution in [2.75, 3.05) is 20.3 Å². The van der Waals surface area contributed by atoms with Crippen LogP contribution in [-0.2, 0) is 14.3 Å². The summed E-state index contributed by atoms with van der Waals surface area (Å²) in [4.78, 5) is 33.1. The molecule has 0 atom stereocenters. The van der Waals surface area contributed by atoms with Gasteiger partial charge in [-0.3, -0.25) is 10.1 Å². The van der Waals surface area contributed by atoms with E-state index in [4.69, 9.17) is 16.3 Å². The first-order valence-electron chi connectivity index (χ1n) is 5.75. The molecule has 0 bridgehead atoms. The Balaban J connectivity index is 3.21. The summed E-state index contributed by atoms with van der Waals surface area (Å²) in [7, 11) is 1.10. The largest absolute Gasteiger partial charge is 0.474 e. The summed E-state index contributed by atoms with van der Waals surface area (Å²) in [5.74, 6) is -2.00. The van der Waals surface area contributed by atoms with Gasteiger partial charge in [-0.25, -0.2) is 9.59 Å². The SMILES string of the molecule is CCOC(=O)COc1c(C(=O)OC)cc(Cl)cc1[N+](=O)[O-].